The Morgan fingerprint density at radius 1 is 1.04 bits per heavy atom. The molecule has 0 spiro atoms. The second kappa shape index (κ2) is 9.53. The van der Waals surface area contributed by atoms with E-state index in [1.165, 1.54) is 37.7 Å². The summed E-state index contributed by atoms with van der Waals surface area (Å²) >= 11 is 12.0. The molecule has 2 aromatic rings. The minimum Gasteiger partial charge on any atom is -0.236 e. The lowest BCUT2D eigenvalue weighted by Gasteiger charge is -2.26. The number of allylic oxidation sites excluding steroid dienone is 2. The summed E-state index contributed by atoms with van der Waals surface area (Å²) < 4.78 is 0. The highest BCUT2D eigenvalue weighted by Gasteiger charge is 2.19. The Bertz CT molecular complexity index is 732. The highest BCUT2D eigenvalue weighted by molar-refractivity contribution is 6.42. The maximum Gasteiger partial charge on any atom is 0.159 e. The minimum atomic E-state index is 0.529. The minimum absolute atomic E-state index is 0.529. The van der Waals surface area contributed by atoms with Gasteiger partial charge in [-0.25, -0.2) is 9.97 Å². The van der Waals surface area contributed by atoms with Crippen molar-refractivity contribution in [3.05, 3.63) is 58.4 Å². The molecule has 4 heteroatoms. The molecule has 3 rings (SSSR count). The van der Waals surface area contributed by atoms with E-state index in [0.29, 0.717) is 15.9 Å². The summed E-state index contributed by atoms with van der Waals surface area (Å²) in [6.07, 6.45) is 17.5. The summed E-state index contributed by atoms with van der Waals surface area (Å²) in [7, 11) is 0. The Morgan fingerprint density at radius 3 is 2.42 bits per heavy atom. The molecule has 2 nitrogen and oxygen atoms in total. The molecule has 138 valence electrons. The van der Waals surface area contributed by atoms with Gasteiger partial charge in [0.15, 0.2) is 5.82 Å². The molecular formula is C22H26Cl2N2. The Balaban J connectivity index is 1.50. The molecule has 1 heterocycles. The van der Waals surface area contributed by atoms with Crippen LogP contribution in [0.5, 0.6) is 0 Å². The smallest absolute Gasteiger partial charge is 0.159 e. The number of aryl methyl sites for hydroxylation is 1. The van der Waals surface area contributed by atoms with Crippen molar-refractivity contribution < 1.29 is 0 Å². The van der Waals surface area contributed by atoms with Gasteiger partial charge in [0.2, 0.25) is 0 Å². The summed E-state index contributed by atoms with van der Waals surface area (Å²) in [5.74, 6) is 2.34. The third-order valence-electron chi connectivity index (χ3n) is 5.26. The van der Waals surface area contributed by atoms with Gasteiger partial charge in [-0.3, -0.25) is 0 Å². The lowest BCUT2D eigenvalue weighted by atomic mass is 9.79. The van der Waals surface area contributed by atoms with Crippen LogP contribution in [-0.4, -0.2) is 9.97 Å². The van der Waals surface area contributed by atoms with Crippen LogP contribution >= 0.6 is 23.2 Å². The Morgan fingerprint density at radius 2 is 1.77 bits per heavy atom. The number of hydrogen-bond acceptors (Lipinski definition) is 2. The van der Waals surface area contributed by atoms with Crippen LogP contribution in [0.25, 0.3) is 11.4 Å². The quantitative estimate of drug-likeness (QED) is 0.490. The summed E-state index contributed by atoms with van der Waals surface area (Å²) in [6, 6.07) is 5.49. The molecular weight excluding hydrogens is 363 g/mol. The van der Waals surface area contributed by atoms with E-state index in [9.17, 15) is 0 Å². The van der Waals surface area contributed by atoms with E-state index < -0.39 is 0 Å². The Kier molecular flexibility index (Phi) is 7.10. The molecule has 26 heavy (non-hydrogen) atoms. The van der Waals surface area contributed by atoms with Gasteiger partial charge in [0.05, 0.1) is 10.0 Å². The number of aromatic nitrogens is 2. The van der Waals surface area contributed by atoms with Gasteiger partial charge in [-0.05, 0) is 80.5 Å². The first-order valence-electron chi connectivity index (χ1n) is 9.58. The predicted molar refractivity (Wildman–Crippen MR) is 111 cm³/mol. The number of halogens is 2. The van der Waals surface area contributed by atoms with Crippen molar-refractivity contribution in [3.63, 3.8) is 0 Å². The Labute approximate surface area is 166 Å². The molecule has 1 aromatic carbocycles. The van der Waals surface area contributed by atoms with Crippen LogP contribution in [0.2, 0.25) is 10.0 Å². The highest BCUT2D eigenvalue weighted by Crippen LogP contribution is 2.32. The summed E-state index contributed by atoms with van der Waals surface area (Å²) in [6.45, 7) is 2.21. The van der Waals surface area contributed by atoms with Crippen molar-refractivity contribution in [2.75, 3.05) is 0 Å². The van der Waals surface area contributed by atoms with Gasteiger partial charge in [-0.2, -0.15) is 0 Å². The van der Waals surface area contributed by atoms with Crippen LogP contribution in [-0.2, 0) is 6.42 Å². The Hall–Kier alpha value is -1.38. The van der Waals surface area contributed by atoms with Crippen molar-refractivity contribution in [1.29, 1.82) is 0 Å². The van der Waals surface area contributed by atoms with E-state index in [2.05, 4.69) is 29.0 Å². The van der Waals surface area contributed by atoms with Crippen LogP contribution in [0.3, 0.4) is 0 Å². The monoisotopic (exact) mass is 388 g/mol. The van der Waals surface area contributed by atoms with Gasteiger partial charge in [0, 0.05) is 18.0 Å². The van der Waals surface area contributed by atoms with E-state index in [0.717, 1.165) is 30.2 Å². The second-order valence-electron chi connectivity index (χ2n) is 7.20. The third kappa shape index (κ3) is 5.31. The van der Waals surface area contributed by atoms with Crippen molar-refractivity contribution >= 4 is 23.2 Å². The van der Waals surface area contributed by atoms with Gasteiger partial charge < -0.3 is 0 Å². The number of nitrogens with zero attached hydrogens (tertiary/aromatic N) is 2. The molecule has 0 amide bonds. The average molecular weight is 389 g/mol. The maximum atomic E-state index is 6.08. The molecule has 0 aliphatic heterocycles. The van der Waals surface area contributed by atoms with Crippen molar-refractivity contribution in [1.82, 2.24) is 9.97 Å². The van der Waals surface area contributed by atoms with Gasteiger partial charge >= 0.3 is 0 Å². The zero-order chi connectivity index (χ0) is 18.4. The molecule has 0 saturated heterocycles. The molecule has 1 aliphatic rings. The van der Waals surface area contributed by atoms with Crippen LogP contribution < -0.4 is 0 Å². The topological polar surface area (TPSA) is 25.8 Å². The van der Waals surface area contributed by atoms with Crippen molar-refractivity contribution in [2.24, 2.45) is 11.8 Å². The van der Waals surface area contributed by atoms with Gasteiger partial charge in [-0.1, -0.05) is 42.3 Å². The summed E-state index contributed by atoms with van der Waals surface area (Å²) in [5, 5.41) is 1.08. The predicted octanol–water partition coefficient (Wildman–Crippen LogP) is 7.16. The van der Waals surface area contributed by atoms with E-state index in [-0.39, 0.29) is 0 Å². The van der Waals surface area contributed by atoms with Crippen LogP contribution in [0, 0.1) is 11.8 Å². The molecule has 0 radical (unpaired) electrons. The summed E-state index contributed by atoms with van der Waals surface area (Å²) in [5.41, 5.74) is 2.10. The SMILES string of the molecule is CC/C=C/[C@H]1CC[C@H](CCc2cnc(-c3ccc(Cl)c(Cl)c3)nc2)CC1. The van der Waals surface area contributed by atoms with Crippen molar-refractivity contribution in [3.8, 4) is 11.4 Å². The van der Waals surface area contributed by atoms with Crippen LogP contribution in [0.15, 0.2) is 42.7 Å². The fourth-order valence-electron chi connectivity index (χ4n) is 3.64. The number of hydrogen-bond donors (Lipinski definition) is 0. The van der Waals surface area contributed by atoms with Gasteiger partial charge in [0.25, 0.3) is 0 Å². The van der Waals surface area contributed by atoms with Crippen molar-refractivity contribution in [2.45, 2.75) is 51.9 Å². The molecule has 0 bridgehead atoms. The van der Waals surface area contributed by atoms with Gasteiger partial charge in [0.1, 0.15) is 0 Å². The zero-order valence-corrected chi connectivity index (χ0v) is 16.8. The van der Waals surface area contributed by atoms with E-state index in [1.807, 2.05) is 24.5 Å². The van der Waals surface area contributed by atoms with Gasteiger partial charge in [-0.15, -0.1) is 0 Å². The van der Waals surface area contributed by atoms with Crippen LogP contribution in [0.1, 0.15) is 51.0 Å². The van der Waals surface area contributed by atoms with E-state index in [1.54, 1.807) is 6.07 Å². The van der Waals surface area contributed by atoms with Crippen LogP contribution in [0.4, 0.5) is 0 Å². The fourth-order valence-corrected chi connectivity index (χ4v) is 3.93. The molecule has 1 aromatic heterocycles. The zero-order valence-electron chi connectivity index (χ0n) is 15.3. The highest BCUT2D eigenvalue weighted by atomic mass is 35.5. The standard InChI is InChI=1S/C22H26Cl2N2/c1-2-3-4-16-5-7-17(8-6-16)9-10-18-14-25-22(26-15-18)19-11-12-20(23)21(24)13-19/h3-4,11-17H,2,5-10H2,1H3/b4-3+/t16-,17-. The first-order valence-corrected chi connectivity index (χ1v) is 10.3. The number of benzene rings is 1. The summed E-state index contributed by atoms with van der Waals surface area (Å²) in [4.78, 5) is 9.01. The normalized spacial score (nSPS) is 20.6. The molecule has 0 atom stereocenters. The lowest BCUT2D eigenvalue weighted by molar-refractivity contribution is 0.296. The lowest BCUT2D eigenvalue weighted by Crippen LogP contribution is -2.13. The second-order valence-corrected chi connectivity index (χ2v) is 8.01. The van der Waals surface area contributed by atoms with E-state index in [4.69, 9.17) is 23.2 Å². The van der Waals surface area contributed by atoms with E-state index >= 15 is 0 Å². The molecule has 1 saturated carbocycles. The molecule has 0 N–H and O–H groups in total. The fraction of sp³-hybridized carbons (Fsp3) is 0.455. The first kappa shape index (κ1) is 19.4. The largest absolute Gasteiger partial charge is 0.236 e. The third-order valence-corrected chi connectivity index (χ3v) is 6.00. The maximum absolute atomic E-state index is 6.08. The first-order chi connectivity index (χ1) is 12.7. The number of rotatable bonds is 6. The molecule has 0 unspecified atom stereocenters. The molecule has 1 fully saturated rings. The molecule has 1 aliphatic carbocycles. The average Bonchev–Trinajstić information content (AvgIpc) is 2.68.